The monoisotopic (exact) mass is 277 g/mol. The van der Waals surface area contributed by atoms with Gasteiger partial charge in [-0.05, 0) is 29.3 Å². The van der Waals surface area contributed by atoms with Gasteiger partial charge in [0, 0.05) is 24.0 Å². The lowest BCUT2D eigenvalue weighted by molar-refractivity contribution is 0.547. The Morgan fingerprint density at radius 1 is 1.00 bits per heavy atom. The van der Waals surface area contributed by atoms with Crippen LogP contribution in [0.1, 0.15) is 24.1 Å². The standard InChI is InChI=1S/C18H19N3/c1-2-21-18(16-11-19-13-20-12-16)10-15-8-5-7-14-6-3-4-9-17(14)15/h3-9,11-13,18,21H,2,10H2,1H3. The quantitative estimate of drug-likeness (QED) is 0.775. The zero-order valence-corrected chi connectivity index (χ0v) is 12.2. The number of rotatable bonds is 5. The molecule has 0 aliphatic carbocycles. The molecule has 0 bridgehead atoms. The van der Waals surface area contributed by atoms with Crippen molar-refractivity contribution in [1.29, 1.82) is 0 Å². The van der Waals surface area contributed by atoms with Gasteiger partial charge in [-0.15, -0.1) is 0 Å². The third-order valence-electron chi connectivity index (χ3n) is 3.74. The minimum Gasteiger partial charge on any atom is -0.310 e. The van der Waals surface area contributed by atoms with Crippen LogP contribution in [0, 0.1) is 0 Å². The Balaban J connectivity index is 1.95. The summed E-state index contributed by atoms with van der Waals surface area (Å²) in [4.78, 5) is 8.28. The Morgan fingerprint density at radius 2 is 1.76 bits per heavy atom. The van der Waals surface area contributed by atoms with Crippen molar-refractivity contribution in [3.05, 3.63) is 72.3 Å². The minimum absolute atomic E-state index is 0.238. The first kappa shape index (κ1) is 13.7. The molecule has 106 valence electrons. The predicted molar refractivity (Wildman–Crippen MR) is 86.1 cm³/mol. The van der Waals surface area contributed by atoms with Gasteiger partial charge in [0.25, 0.3) is 0 Å². The van der Waals surface area contributed by atoms with Crippen molar-refractivity contribution < 1.29 is 0 Å². The van der Waals surface area contributed by atoms with Crippen LogP contribution < -0.4 is 5.32 Å². The van der Waals surface area contributed by atoms with Gasteiger partial charge in [0.1, 0.15) is 6.33 Å². The molecular formula is C18H19N3. The molecule has 0 saturated heterocycles. The number of hydrogen-bond donors (Lipinski definition) is 1. The van der Waals surface area contributed by atoms with Gasteiger partial charge in [-0.2, -0.15) is 0 Å². The molecule has 0 aliphatic rings. The van der Waals surface area contributed by atoms with Gasteiger partial charge in [0.05, 0.1) is 0 Å². The van der Waals surface area contributed by atoms with E-state index in [1.54, 1.807) is 6.33 Å². The van der Waals surface area contributed by atoms with Crippen molar-refractivity contribution in [3.8, 4) is 0 Å². The lowest BCUT2D eigenvalue weighted by atomic mass is 9.96. The van der Waals surface area contributed by atoms with Crippen LogP contribution in [-0.2, 0) is 6.42 Å². The normalized spacial score (nSPS) is 12.4. The molecule has 3 heteroatoms. The summed E-state index contributed by atoms with van der Waals surface area (Å²) in [5.74, 6) is 0. The van der Waals surface area contributed by atoms with Crippen LogP contribution in [0.25, 0.3) is 10.8 Å². The highest BCUT2D eigenvalue weighted by Gasteiger charge is 2.13. The summed E-state index contributed by atoms with van der Waals surface area (Å²) in [6.45, 7) is 3.05. The van der Waals surface area contributed by atoms with E-state index in [1.807, 2.05) is 12.4 Å². The molecule has 3 aromatic rings. The highest BCUT2D eigenvalue weighted by molar-refractivity contribution is 5.85. The molecule has 0 radical (unpaired) electrons. The molecule has 3 rings (SSSR count). The van der Waals surface area contributed by atoms with Crippen LogP contribution in [0.15, 0.2) is 61.2 Å². The van der Waals surface area contributed by atoms with E-state index in [9.17, 15) is 0 Å². The molecule has 1 unspecified atom stereocenters. The molecule has 1 N–H and O–H groups in total. The number of nitrogens with one attached hydrogen (secondary N) is 1. The van der Waals surface area contributed by atoms with Crippen LogP contribution in [0.3, 0.4) is 0 Å². The van der Waals surface area contributed by atoms with E-state index in [0.29, 0.717) is 0 Å². The first-order valence-corrected chi connectivity index (χ1v) is 7.33. The van der Waals surface area contributed by atoms with Gasteiger partial charge < -0.3 is 5.32 Å². The Bertz CT molecular complexity index is 704. The van der Waals surface area contributed by atoms with Crippen LogP contribution in [0.4, 0.5) is 0 Å². The second kappa shape index (κ2) is 6.46. The van der Waals surface area contributed by atoms with Crippen molar-refractivity contribution in [2.24, 2.45) is 0 Å². The predicted octanol–water partition coefficient (Wildman–Crippen LogP) is 3.52. The second-order valence-electron chi connectivity index (χ2n) is 5.12. The summed E-state index contributed by atoms with van der Waals surface area (Å²) in [5.41, 5.74) is 2.48. The van der Waals surface area contributed by atoms with Crippen molar-refractivity contribution in [1.82, 2.24) is 15.3 Å². The molecule has 0 aliphatic heterocycles. The van der Waals surface area contributed by atoms with E-state index in [-0.39, 0.29) is 6.04 Å². The number of fused-ring (bicyclic) bond motifs is 1. The largest absolute Gasteiger partial charge is 0.310 e. The van der Waals surface area contributed by atoms with Crippen LogP contribution >= 0.6 is 0 Å². The van der Waals surface area contributed by atoms with Gasteiger partial charge in [-0.25, -0.2) is 9.97 Å². The first-order chi connectivity index (χ1) is 10.4. The SMILES string of the molecule is CCNC(Cc1cccc2ccccc12)c1cncnc1. The summed E-state index contributed by atoms with van der Waals surface area (Å²) in [7, 11) is 0. The minimum atomic E-state index is 0.238. The molecule has 1 aromatic heterocycles. The molecule has 0 saturated carbocycles. The highest BCUT2D eigenvalue weighted by atomic mass is 14.9. The highest BCUT2D eigenvalue weighted by Crippen LogP contribution is 2.24. The van der Waals surface area contributed by atoms with Crippen LogP contribution in [-0.4, -0.2) is 16.5 Å². The van der Waals surface area contributed by atoms with Gasteiger partial charge >= 0.3 is 0 Å². The van der Waals surface area contributed by atoms with E-state index in [1.165, 1.54) is 16.3 Å². The fourth-order valence-corrected chi connectivity index (χ4v) is 2.74. The van der Waals surface area contributed by atoms with E-state index in [2.05, 4.69) is 64.7 Å². The lowest BCUT2D eigenvalue weighted by Crippen LogP contribution is -2.23. The van der Waals surface area contributed by atoms with Crippen molar-refractivity contribution in [2.75, 3.05) is 6.54 Å². The van der Waals surface area contributed by atoms with Crippen molar-refractivity contribution in [2.45, 2.75) is 19.4 Å². The number of nitrogens with zero attached hydrogens (tertiary/aromatic N) is 2. The number of aromatic nitrogens is 2. The number of likely N-dealkylation sites (N-methyl/N-ethyl adjacent to an activating group) is 1. The topological polar surface area (TPSA) is 37.8 Å². The summed E-state index contributed by atoms with van der Waals surface area (Å²) in [6.07, 6.45) is 6.30. The molecule has 0 amide bonds. The molecule has 21 heavy (non-hydrogen) atoms. The molecule has 1 heterocycles. The Morgan fingerprint density at radius 3 is 2.57 bits per heavy atom. The van der Waals surface area contributed by atoms with Gasteiger partial charge in [-0.3, -0.25) is 0 Å². The Kier molecular flexibility index (Phi) is 4.22. The average molecular weight is 277 g/mol. The molecule has 0 fully saturated rings. The van der Waals surface area contributed by atoms with Crippen LogP contribution in [0.2, 0.25) is 0 Å². The van der Waals surface area contributed by atoms with Crippen molar-refractivity contribution >= 4 is 10.8 Å². The maximum atomic E-state index is 4.14. The van der Waals surface area contributed by atoms with E-state index in [4.69, 9.17) is 0 Å². The van der Waals surface area contributed by atoms with Gasteiger partial charge in [0.2, 0.25) is 0 Å². The van der Waals surface area contributed by atoms with Gasteiger partial charge in [0.15, 0.2) is 0 Å². The number of benzene rings is 2. The molecule has 3 nitrogen and oxygen atoms in total. The molecule has 1 atom stereocenters. The lowest BCUT2D eigenvalue weighted by Gasteiger charge is -2.18. The number of hydrogen-bond acceptors (Lipinski definition) is 3. The zero-order valence-electron chi connectivity index (χ0n) is 12.2. The summed E-state index contributed by atoms with van der Waals surface area (Å²) >= 11 is 0. The fourth-order valence-electron chi connectivity index (χ4n) is 2.74. The molecule has 0 spiro atoms. The second-order valence-corrected chi connectivity index (χ2v) is 5.12. The smallest absolute Gasteiger partial charge is 0.115 e. The van der Waals surface area contributed by atoms with Crippen LogP contribution in [0.5, 0.6) is 0 Å². The fraction of sp³-hybridized carbons (Fsp3) is 0.222. The molecular weight excluding hydrogens is 258 g/mol. The van der Waals surface area contributed by atoms with E-state index < -0.39 is 0 Å². The first-order valence-electron chi connectivity index (χ1n) is 7.33. The summed E-state index contributed by atoms with van der Waals surface area (Å²) in [5, 5.41) is 6.14. The maximum absolute atomic E-state index is 4.14. The van der Waals surface area contributed by atoms with Gasteiger partial charge in [-0.1, -0.05) is 49.4 Å². The summed E-state index contributed by atoms with van der Waals surface area (Å²) in [6, 6.07) is 15.3. The maximum Gasteiger partial charge on any atom is 0.115 e. The van der Waals surface area contributed by atoms with E-state index >= 15 is 0 Å². The zero-order chi connectivity index (χ0) is 14.5. The Hall–Kier alpha value is -2.26. The Labute approximate surface area is 125 Å². The third-order valence-corrected chi connectivity index (χ3v) is 3.74. The van der Waals surface area contributed by atoms with Crippen molar-refractivity contribution in [3.63, 3.8) is 0 Å². The van der Waals surface area contributed by atoms with E-state index in [0.717, 1.165) is 18.5 Å². The third kappa shape index (κ3) is 3.09. The average Bonchev–Trinajstić information content (AvgIpc) is 2.55. The molecule has 2 aromatic carbocycles. The summed E-state index contributed by atoms with van der Waals surface area (Å²) < 4.78 is 0.